The number of amides is 3. The van der Waals surface area contributed by atoms with Gasteiger partial charge in [-0.1, -0.05) is 6.07 Å². The largest absolute Gasteiger partial charge is 0.351 e. The van der Waals surface area contributed by atoms with Gasteiger partial charge in [-0.3, -0.25) is 15.1 Å². The van der Waals surface area contributed by atoms with Gasteiger partial charge in [-0.15, -0.1) is 24.8 Å². The SMILES string of the molecule is Cl.Cl.NC(=O)NC(=O)CCSCc1ccccn1. The first-order valence-corrected chi connectivity index (χ1v) is 5.91. The molecule has 102 valence electrons. The molecule has 0 spiro atoms. The molecular formula is C10H15Cl2N3O2S. The van der Waals surface area contributed by atoms with E-state index < -0.39 is 6.03 Å². The minimum Gasteiger partial charge on any atom is -0.351 e. The fourth-order valence-corrected chi connectivity index (χ4v) is 1.88. The third-order valence-corrected chi connectivity index (χ3v) is 2.70. The molecule has 3 N–H and O–H groups in total. The molecular weight excluding hydrogens is 297 g/mol. The van der Waals surface area contributed by atoms with Crippen molar-refractivity contribution in [1.29, 1.82) is 0 Å². The van der Waals surface area contributed by atoms with Crippen LogP contribution in [0, 0.1) is 0 Å². The van der Waals surface area contributed by atoms with Crippen molar-refractivity contribution in [3.05, 3.63) is 30.1 Å². The molecule has 0 radical (unpaired) electrons. The maximum absolute atomic E-state index is 11.0. The number of imide groups is 1. The first kappa shape index (κ1) is 19.4. The van der Waals surface area contributed by atoms with Crippen LogP contribution >= 0.6 is 36.6 Å². The summed E-state index contributed by atoms with van der Waals surface area (Å²) in [5.74, 6) is 1.04. The van der Waals surface area contributed by atoms with Crippen molar-refractivity contribution in [1.82, 2.24) is 10.3 Å². The quantitative estimate of drug-likeness (QED) is 0.811. The van der Waals surface area contributed by atoms with Gasteiger partial charge in [0, 0.05) is 24.1 Å². The lowest BCUT2D eigenvalue weighted by molar-refractivity contribution is -0.119. The molecule has 0 fully saturated rings. The van der Waals surface area contributed by atoms with Gasteiger partial charge in [0.1, 0.15) is 0 Å². The van der Waals surface area contributed by atoms with Crippen LogP contribution in [-0.4, -0.2) is 22.7 Å². The van der Waals surface area contributed by atoms with Crippen LogP contribution in [-0.2, 0) is 10.5 Å². The van der Waals surface area contributed by atoms with Crippen LogP contribution in [0.15, 0.2) is 24.4 Å². The van der Waals surface area contributed by atoms with Crippen LogP contribution in [0.3, 0.4) is 0 Å². The molecule has 1 aromatic heterocycles. The third kappa shape index (κ3) is 9.09. The van der Waals surface area contributed by atoms with Gasteiger partial charge in [-0.05, 0) is 12.1 Å². The van der Waals surface area contributed by atoms with Crippen LogP contribution < -0.4 is 11.1 Å². The van der Waals surface area contributed by atoms with E-state index in [2.05, 4.69) is 4.98 Å². The summed E-state index contributed by atoms with van der Waals surface area (Å²) >= 11 is 1.59. The highest BCUT2D eigenvalue weighted by Crippen LogP contribution is 2.10. The zero-order valence-electron chi connectivity index (χ0n) is 9.50. The Morgan fingerprint density at radius 1 is 1.33 bits per heavy atom. The Labute approximate surface area is 122 Å². The summed E-state index contributed by atoms with van der Waals surface area (Å²) in [5.41, 5.74) is 5.78. The lowest BCUT2D eigenvalue weighted by Crippen LogP contribution is -2.35. The number of nitrogens with two attached hydrogens (primary N) is 1. The second kappa shape index (κ2) is 11.1. The van der Waals surface area contributed by atoms with Crippen LogP contribution in [0.25, 0.3) is 0 Å². The Balaban J connectivity index is 0. The number of hydrogen-bond donors (Lipinski definition) is 2. The fraction of sp³-hybridized carbons (Fsp3) is 0.300. The van der Waals surface area contributed by atoms with Crippen LogP contribution in [0.4, 0.5) is 4.79 Å². The van der Waals surface area contributed by atoms with Crippen LogP contribution in [0.2, 0.25) is 0 Å². The number of carbonyl (C=O) groups excluding carboxylic acids is 2. The number of hydrogen-bond acceptors (Lipinski definition) is 4. The van der Waals surface area contributed by atoms with Gasteiger partial charge in [0.25, 0.3) is 0 Å². The minimum absolute atomic E-state index is 0. The molecule has 0 aliphatic rings. The number of carbonyl (C=O) groups is 2. The number of urea groups is 1. The van der Waals surface area contributed by atoms with E-state index in [0.29, 0.717) is 5.75 Å². The lowest BCUT2D eigenvalue weighted by atomic mass is 10.4. The van der Waals surface area contributed by atoms with Gasteiger partial charge in [-0.2, -0.15) is 11.8 Å². The molecule has 0 bridgehead atoms. The smallest absolute Gasteiger partial charge is 0.318 e. The summed E-state index contributed by atoms with van der Waals surface area (Å²) in [4.78, 5) is 25.5. The molecule has 0 unspecified atom stereocenters. The molecule has 0 saturated heterocycles. The minimum atomic E-state index is -0.806. The van der Waals surface area contributed by atoms with Crippen molar-refractivity contribution in [2.45, 2.75) is 12.2 Å². The number of nitrogens with zero attached hydrogens (tertiary/aromatic N) is 1. The lowest BCUT2D eigenvalue weighted by Gasteiger charge is -2.01. The number of pyridine rings is 1. The van der Waals surface area contributed by atoms with E-state index in [1.165, 1.54) is 0 Å². The first-order valence-electron chi connectivity index (χ1n) is 4.75. The van der Waals surface area contributed by atoms with E-state index in [1.807, 2.05) is 23.5 Å². The molecule has 1 heterocycles. The van der Waals surface area contributed by atoms with Gasteiger partial charge in [-0.25, -0.2) is 4.79 Å². The summed E-state index contributed by atoms with van der Waals surface area (Å²) < 4.78 is 0. The number of halogens is 2. The van der Waals surface area contributed by atoms with E-state index in [-0.39, 0.29) is 37.1 Å². The molecule has 0 aliphatic carbocycles. The number of thioether (sulfide) groups is 1. The average molecular weight is 312 g/mol. The highest BCUT2D eigenvalue weighted by Gasteiger charge is 2.03. The summed E-state index contributed by atoms with van der Waals surface area (Å²) in [5, 5.41) is 2.01. The maximum Gasteiger partial charge on any atom is 0.318 e. The summed E-state index contributed by atoms with van der Waals surface area (Å²) in [6, 6.07) is 4.90. The van der Waals surface area contributed by atoms with E-state index in [0.717, 1.165) is 11.4 Å². The summed E-state index contributed by atoms with van der Waals surface area (Å²) in [7, 11) is 0. The normalized spacial score (nSPS) is 8.67. The number of nitrogens with one attached hydrogen (secondary N) is 1. The molecule has 0 saturated carbocycles. The first-order chi connectivity index (χ1) is 7.68. The van der Waals surface area contributed by atoms with Gasteiger partial charge in [0.15, 0.2) is 0 Å². The molecule has 1 rings (SSSR count). The van der Waals surface area contributed by atoms with Crippen molar-refractivity contribution in [2.75, 3.05) is 5.75 Å². The van der Waals surface area contributed by atoms with E-state index in [4.69, 9.17) is 5.73 Å². The van der Waals surface area contributed by atoms with Crippen LogP contribution in [0.1, 0.15) is 12.1 Å². The molecule has 0 atom stereocenters. The number of rotatable bonds is 5. The van der Waals surface area contributed by atoms with Crippen molar-refractivity contribution >= 4 is 48.5 Å². The predicted molar refractivity (Wildman–Crippen MR) is 77.2 cm³/mol. The Hall–Kier alpha value is -0.980. The zero-order valence-corrected chi connectivity index (χ0v) is 11.9. The highest BCUT2D eigenvalue weighted by atomic mass is 35.5. The van der Waals surface area contributed by atoms with Crippen molar-refractivity contribution in [2.24, 2.45) is 5.73 Å². The standard InChI is InChI=1S/C10H13N3O2S.2ClH/c11-10(15)13-9(14)4-6-16-7-8-3-1-2-5-12-8;;/h1-3,5H,4,6-7H2,(H3,11,13,14,15);2*1H. The Bertz CT molecular complexity index is 365. The molecule has 0 aromatic carbocycles. The van der Waals surface area contributed by atoms with E-state index in [9.17, 15) is 9.59 Å². The molecule has 1 aromatic rings. The Kier molecular flexibility index (Phi) is 12.0. The number of primary amides is 1. The summed E-state index contributed by atoms with van der Waals surface area (Å²) in [6.07, 6.45) is 2.01. The monoisotopic (exact) mass is 311 g/mol. The highest BCUT2D eigenvalue weighted by molar-refractivity contribution is 7.98. The zero-order chi connectivity index (χ0) is 11.8. The molecule has 18 heavy (non-hydrogen) atoms. The summed E-state index contributed by atoms with van der Waals surface area (Å²) in [6.45, 7) is 0. The molecule has 5 nitrogen and oxygen atoms in total. The van der Waals surface area contributed by atoms with E-state index in [1.54, 1.807) is 18.0 Å². The number of aromatic nitrogens is 1. The topological polar surface area (TPSA) is 85.1 Å². The van der Waals surface area contributed by atoms with Crippen molar-refractivity contribution < 1.29 is 9.59 Å². The van der Waals surface area contributed by atoms with Gasteiger partial charge >= 0.3 is 6.03 Å². The van der Waals surface area contributed by atoms with Gasteiger partial charge in [0.2, 0.25) is 5.91 Å². The van der Waals surface area contributed by atoms with Crippen LogP contribution in [0.5, 0.6) is 0 Å². The fourth-order valence-electron chi connectivity index (χ4n) is 1.03. The third-order valence-electron chi connectivity index (χ3n) is 1.71. The Morgan fingerprint density at radius 3 is 2.61 bits per heavy atom. The van der Waals surface area contributed by atoms with Crippen molar-refractivity contribution in [3.8, 4) is 0 Å². The second-order valence-electron chi connectivity index (χ2n) is 3.04. The maximum atomic E-state index is 11.0. The molecule has 0 aliphatic heterocycles. The average Bonchev–Trinajstić information content (AvgIpc) is 2.25. The van der Waals surface area contributed by atoms with Gasteiger partial charge in [0.05, 0.1) is 5.69 Å². The van der Waals surface area contributed by atoms with Gasteiger partial charge < -0.3 is 5.73 Å². The van der Waals surface area contributed by atoms with E-state index >= 15 is 0 Å². The molecule has 8 heteroatoms. The molecule has 3 amide bonds. The Morgan fingerprint density at radius 2 is 2.06 bits per heavy atom. The van der Waals surface area contributed by atoms with Crippen molar-refractivity contribution in [3.63, 3.8) is 0 Å². The second-order valence-corrected chi connectivity index (χ2v) is 4.14. The predicted octanol–water partition coefficient (Wildman–Crippen LogP) is 1.74.